The lowest BCUT2D eigenvalue weighted by molar-refractivity contribution is 0.299. The van der Waals surface area contributed by atoms with Crippen molar-refractivity contribution < 1.29 is 12.8 Å². The number of aliphatic imine (C=N–C) groups is 1. The molecule has 3 rings (SSSR count). The number of hydrogen-bond acceptors (Lipinski definition) is 4. The van der Waals surface area contributed by atoms with Crippen LogP contribution in [-0.4, -0.2) is 70.6 Å². The van der Waals surface area contributed by atoms with E-state index >= 15 is 0 Å². The normalized spacial score (nSPS) is 21.2. The predicted molar refractivity (Wildman–Crippen MR) is 117 cm³/mol. The quantitative estimate of drug-likeness (QED) is 0.344. The van der Waals surface area contributed by atoms with Gasteiger partial charge in [0, 0.05) is 45.2 Å². The van der Waals surface area contributed by atoms with Gasteiger partial charge in [0.1, 0.15) is 5.82 Å². The molecule has 2 fully saturated rings. The van der Waals surface area contributed by atoms with Crippen LogP contribution in [0.15, 0.2) is 29.3 Å². The van der Waals surface area contributed by atoms with Crippen molar-refractivity contribution in [2.75, 3.05) is 51.3 Å². The molecular weight excluding hydrogens is 482 g/mol. The van der Waals surface area contributed by atoms with Gasteiger partial charge in [0.25, 0.3) is 0 Å². The number of guanidine groups is 1. The highest BCUT2D eigenvalue weighted by molar-refractivity contribution is 14.0. The summed E-state index contributed by atoms with van der Waals surface area (Å²) in [4.78, 5) is 6.39. The molecule has 1 saturated heterocycles. The number of nitrogens with zero attached hydrogens (tertiary/aromatic N) is 2. The van der Waals surface area contributed by atoms with Crippen molar-refractivity contribution in [3.05, 3.63) is 35.6 Å². The van der Waals surface area contributed by atoms with E-state index in [9.17, 15) is 12.8 Å². The Morgan fingerprint density at radius 2 is 1.96 bits per heavy atom. The van der Waals surface area contributed by atoms with Crippen LogP contribution in [0.3, 0.4) is 0 Å². The maximum absolute atomic E-state index is 13.5. The molecule has 27 heavy (non-hydrogen) atoms. The lowest BCUT2D eigenvalue weighted by Gasteiger charge is -2.27. The molecule has 1 aromatic carbocycles. The first kappa shape index (κ1) is 22.4. The number of halogens is 2. The molecule has 0 unspecified atom stereocenters. The van der Waals surface area contributed by atoms with E-state index in [1.165, 1.54) is 6.07 Å². The zero-order chi connectivity index (χ0) is 18.6. The van der Waals surface area contributed by atoms with Crippen LogP contribution in [-0.2, 0) is 15.3 Å². The van der Waals surface area contributed by atoms with Crippen LogP contribution in [0.1, 0.15) is 18.4 Å². The minimum atomic E-state index is -2.83. The molecule has 0 atom stereocenters. The summed E-state index contributed by atoms with van der Waals surface area (Å²) >= 11 is 0. The van der Waals surface area contributed by atoms with Gasteiger partial charge < -0.3 is 10.6 Å². The van der Waals surface area contributed by atoms with Crippen LogP contribution in [0.25, 0.3) is 0 Å². The molecule has 2 N–H and O–H groups in total. The molecule has 1 heterocycles. The summed E-state index contributed by atoms with van der Waals surface area (Å²) in [6.07, 6.45) is 2.09. The number of sulfone groups is 1. The Kier molecular flexibility index (Phi) is 7.87. The summed E-state index contributed by atoms with van der Waals surface area (Å²) in [6.45, 7) is 3.40. The van der Waals surface area contributed by atoms with Crippen molar-refractivity contribution in [3.8, 4) is 0 Å². The van der Waals surface area contributed by atoms with E-state index in [4.69, 9.17) is 0 Å². The van der Waals surface area contributed by atoms with Gasteiger partial charge in [-0.3, -0.25) is 9.89 Å². The molecule has 1 aliphatic carbocycles. The molecule has 1 aliphatic heterocycles. The van der Waals surface area contributed by atoms with E-state index in [0.717, 1.165) is 37.5 Å². The Morgan fingerprint density at radius 1 is 1.26 bits per heavy atom. The lowest BCUT2D eigenvalue weighted by Crippen LogP contribution is -2.46. The molecular formula is C18H28FIN4O2S. The number of benzene rings is 1. The summed E-state index contributed by atoms with van der Waals surface area (Å²) in [5.74, 6) is 1.02. The van der Waals surface area contributed by atoms with E-state index < -0.39 is 9.84 Å². The molecule has 1 aromatic rings. The zero-order valence-electron chi connectivity index (χ0n) is 15.6. The number of hydrogen-bond donors (Lipinski definition) is 2. The van der Waals surface area contributed by atoms with Crippen molar-refractivity contribution in [3.63, 3.8) is 0 Å². The summed E-state index contributed by atoms with van der Waals surface area (Å²) in [7, 11) is -1.11. The van der Waals surface area contributed by atoms with Crippen molar-refractivity contribution in [2.45, 2.75) is 18.3 Å². The minimum Gasteiger partial charge on any atom is -0.356 e. The van der Waals surface area contributed by atoms with Gasteiger partial charge in [-0.2, -0.15) is 0 Å². The van der Waals surface area contributed by atoms with Crippen LogP contribution in [0.5, 0.6) is 0 Å². The molecule has 0 aromatic heterocycles. The molecule has 152 valence electrons. The fourth-order valence-electron chi connectivity index (χ4n) is 3.32. The molecule has 2 aliphatic rings. The first-order valence-electron chi connectivity index (χ1n) is 9.06. The highest BCUT2D eigenvalue weighted by Gasteiger charge is 2.44. The molecule has 6 nitrogen and oxygen atoms in total. The van der Waals surface area contributed by atoms with Crippen molar-refractivity contribution >= 4 is 39.8 Å². The Bertz CT molecular complexity index is 754. The lowest BCUT2D eigenvalue weighted by atomic mass is 9.96. The summed E-state index contributed by atoms with van der Waals surface area (Å²) in [5, 5.41) is 6.62. The average molecular weight is 510 g/mol. The van der Waals surface area contributed by atoms with Gasteiger partial charge >= 0.3 is 0 Å². The van der Waals surface area contributed by atoms with Crippen molar-refractivity contribution in [1.29, 1.82) is 0 Å². The highest BCUT2D eigenvalue weighted by Crippen LogP contribution is 2.47. The molecule has 0 radical (unpaired) electrons. The van der Waals surface area contributed by atoms with Crippen LogP contribution in [0.2, 0.25) is 0 Å². The Labute approximate surface area is 177 Å². The second-order valence-electron chi connectivity index (χ2n) is 7.14. The molecule has 1 saturated carbocycles. The van der Waals surface area contributed by atoms with Gasteiger partial charge in [0.2, 0.25) is 0 Å². The maximum atomic E-state index is 13.5. The second kappa shape index (κ2) is 9.51. The van der Waals surface area contributed by atoms with E-state index in [2.05, 4.69) is 20.5 Å². The zero-order valence-corrected chi connectivity index (χ0v) is 18.7. The Morgan fingerprint density at radius 3 is 2.56 bits per heavy atom. The fourth-order valence-corrected chi connectivity index (χ4v) is 4.59. The van der Waals surface area contributed by atoms with Gasteiger partial charge in [0.15, 0.2) is 15.8 Å². The van der Waals surface area contributed by atoms with Crippen molar-refractivity contribution in [1.82, 2.24) is 15.5 Å². The van der Waals surface area contributed by atoms with Crippen LogP contribution in [0, 0.1) is 5.82 Å². The van der Waals surface area contributed by atoms with Gasteiger partial charge in [-0.05, 0) is 30.5 Å². The van der Waals surface area contributed by atoms with E-state index in [0.29, 0.717) is 19.6 Å². The van der Waals surface area contributed by atoms with Crippen molar-refractivity contribution in [2.24, 2.45) is 4.99 Å². The second-order valence-corrected chi connectivity index (χ2v) is 9.44. The number of nitrogens with one attached hydrogen (secondary N) is 2. The number of rotatable bonds is 6. The van der Waals surface area contributed by atoms with Gasteiger partial charge in [0.05, 0.1) is 11.5 Å². The van der Waals surface area contributed by atoms with Gasteiger partial charge in [-0.15, -0.1) is 24.0 Å². The van der Waals surface area contributed by atoms with Crippen LogP contribution < -0.4 is 10.6 Å². The largest absolute Gasteiger partial charge is 0.356 e. The van der Waals surface area contributed by atoms with Crippen LogP contribution in [0.4, 0.5) is 4.39 Å². The molecule has 0 amide bonds. The van der Waals surface area contributed by atoms with E-state index in [1.807, 2.05) is 6.07 Å². The van der Waals surface area contributed by atoms with E-state index in [1.54, 1.807) is 19.2 Å². The highest BCUT2D eigenvalue weighted by atomic mass is 127. The third kappa shape index (κ3) is 6.28. The predicted octanol–water partition coefficient (Wildman–Crippen LogP) is 1.37. The van der Waals surface area contributed by atoms with E-state index in [-0.39, 0.29) is 46.7 Å². The van der Waals surface area contributed by atoms with Crippen LogP contribution >= 0.6 is 24.0 Å². The maximum Gasteiger partial charge on any atom is 0.191 e. The summed E-state index contributed by atoms with van der Waals surface area (Å²) < 4.78 is 36.4. The minimum absolute atomic E-state index is 0. The monoisotopic (exact) mass is 510 g/mol. The Hall–Kier alpha value is -0.940. The smallest absolute Gasteiger partial charge is 0.191 e. The molecule has 9 heteroatoms. The fraction of sp³-hybridized carbons (Fsp3) is 0.611. The molecule has 0 spiro atoms. The SMILES string of the molecule is CN=C(NCCN1CCS(=O)(=O)CC1)NCC1(c2cccc(F)c2)CC1.I. The van der Waals surface area contributed by atoms with Gasteiger partial charge in [-0.1, -0.05) is 12.1 Å². The Balaban J connectivity index is 0.00000261. The summed E-state index contributed by atoms with van der Waals surface area (Å²) in [6, 6.07) is 6.84. The first-order valence-corrected chi connectivity index (χ1v) is 10.9. The average Bonchev–Trinajstić information content (AvgIpc) is 3.40. The third-order valence-corrected chi connectivity index (χ3v) is 6.88. The molecule has 0 bridgehead atoms. The van der Waals surface area contributed by atoms with Gasteiger partial charge in [-0.25, -0.2) is 12.8 Å². The third-order valence-electron chi connectivity index (χ3n) is 5.27. The topological polar surface area (TPSA) is 73.8 Å². The first-order chi connectivity index (χ1) is 12.4. The standard InChI is InChI=1S/C18H27FN4O2S.HI/c1-20-17(21-7-8-23-9-11-26(24,25)12-10-23)22-14-18(5-6-18)15-3-2-4-16(19)13-15;/h2-4,13H,5-12,14H2,1H3,(H2,20,21,22);1H. The summed E-state index contributed by atoms with van der Waals surface area (Å²) in [5.41, 5.74) is 1.04.